The molecule has 194 valence electrons. The zero-order valence-corrected chi connectivity index (χ0v) is 21.1. The number of carboxylic acid groups (broad SMARTS) is 1. The number of halogens is 2. The van der Waals surface area contributed by atoms with Crippen LogP contribution in [0.15, 0.2) is 47.8 Å². The fourth-order valence-electron chi connectivity index (χ4n) is 3.67. The van der Waals surface area contributed by atoms with E-state index in [1.54, 1.807) is 23.0 Å². The van der Waals surface area contributed by atoms with Crippen molar-refractivity contribution in [3.8, 4) is 22.8 Å². The van der Waals surface area contributed by atoms with Crippen molar-refractivity contribution in [3.63, 3.8) is 0 Å². The van der Waals surface area contributed by atoms with Gasteiger partial charge in [0.15, 0.2) is 0 Å². The van der Waals surface area contributed by atoms with Gasteiger partial charge in [-0.25, -0.2) is 14.3 Å². The lowest BCUT2D eigenvalue weighted by atomic mass is 9.88. The first kappa shape index (κ1) is 27.2. The van der Waals surface area contributed by atoms with Gasteiger partial charge in [0.25, 0.3) is 0 Å². The Kier molecular flexibility index (Phi) is 8.41. The molecular weight excluding hydrogens is 494 g/mol. The summed E-state index contributed by atoms with van der Waals surface area (Å²) in [6.07, 6.45) is 4.18. The number of aliphatic carboxylic acids is 1. The predicted molar refractivity (Wildman–Crippen MR) is 129 cm³/mol. The highest BCUT2D eigenvalue weighted by molar-refractivity contribution is 7.82. The summed E-state index contributed by atoms with van der Waals surface area (Å²) in [5, 5.41) is 19.1. The summed E-state index contributed by atoms with van der Waals surface area (Å²) < 4.78 is 49.6. The van der Waals surface area contributed by atoms with Crippen LogP contribution in [0.2, 0.25) is 0 Å². The highest BCUT2D eigenvalue weighted by atomic mass is 32.2. The Morgan fingerprint density at radius 1 is 1.28 bits per heavy atom. The van der Waals surface area contributed by atoms with E-state index in [9.17, 15) is 22.9 Å². The SMILES string of the molecule is CC(C)c1cc(OC(F)F)cc(-c2ccnc(OCC(C)(C)n3cc(S(N)=O)cn3)c2)c1CC(=O)O. The van der Waals surface area contributed by atoms with Gasteiger partial charge in [0.1, 0.15) is 23.3 Å². The van der Waals surface area contributed by atoms with E-state index in [4.69, 9.17) is 9.88 Å². The third-order valence-corrected chi connectivity index (χ3v) is 6.14. The summed E-state index contributed by atoms with van der Waals surface area (Å²) in [5.41, 5.74) is 1.41. The fraction of sp³-hybridized carbons (Fsp3) is 0.375. The normalized spacial score (nSPS) is 12.7. The number of carboxylic acids is 1. The van der Waals surface area contributed by atoms with Gasteiger partial charge in [-0.15, -0.1) is 0 Å². The fourth-order valence-corrected chi connectivity index (χ4v) is 4.03. The number of rotatable bonds is 11. The second-order valence-electron chi connectivity index (χ2n) is 9.04. The van der Waals surface area contributed by atoms with Crippen LogP contribution in [-0.2, 0) is 27.7 Å². The molecule has 0 amide bonds. The lowest BCUT2D eigenvalue weighted by molar-refractivity contribution is -0.136. The third kappa shape index (κ3) is 6.64. The molecule has 0 fully saturated rings. The van der Waals surface area contributed by atoms with E-state index in [0.29, 0.717) is 27.1 Å². The Morgan fingerprint density at radius 2 is 2.00 bits per heavy atom. The molecule has 0 aliphatic carbocycles. The second-order valence-corrected chi connectivity index (χ2v) is 10.1. The van der Waals surface area contributed by atoms with Gasteiger partial charge in [0, 0.05) is 18.5 Å². The average Bonchev–Trinajstić information content (AvgIpc) is 3.30. The van der Waals surface area contributed by atoms with Crippen LogP contribution in [0.25, 0.3) is 11.1 Å². The second kappa shape index (κ2) is 11.1. The number of ether oxygens (including phenoxy) is 2. The number of benzene rings is 1. The zero-order valence-electron chi connectivity index (χ0n) is 20.3. The summed E-state index contributed by atoms with van der Waals surface area (Å²) in [7, 11) is -1.66. The topological polar surface area (TPSA) is 130 Å². The van der Waals surface area contributed by atoms with Crippen LogP contribution in [0.1, 0.15) is 44.7 Å². The van der Waals surface area contributed by atoms with Crippen molar-refractivity contribution in [2.24, 2.45) is 5.14 Å². The van der Waals surface area contributed by atoms with Crippen LogP contribution in [0.4, 0.5) is 8.78 Å². The van der Waals surface area contributed by atoms with Gasteiger partial charge in [-0.1, -0.05) is 13.8 Å². The number of pyridine rings is 1. The molecular formula is C24H28F2N4O5S. The Hall–Kier alpha value is -3.38. The first-order valence-corrected chi connectivity index (χ1v) is 12.2. The number of nitrogens with zero attached hydrogens (tertiary/aromatic N) is 3. The summed E-state index contributed by atoms with van der Waals surface area (Å²) in [4.78, 5) is 16.2. The van der Waals surface area contributed by atoms with Crippen molar-refractivity contribution in [3.05, 3.63) is 54.0 Å². The van der Waals surface area contributed by atoms with Crippen molar-refractivity contribution in [2.45, 2.75) is 57.1 Å². The van der Waals surface area contributed by atoms with Crippen molar-refractivity contribution in [2.75, 3.05) is 6.61 Å². The Morgan fingerprint density at radius 3 is 2.58 bits per heavy atom. The number of alkyl halides is 2. The molecule has 0 bridgehead atoms. The maximum absolute atomic E-state index is 13.0. The number of hydrogen-bond donors (Lipinski definition) is 2. The molecule has 0 aliphatic rings. The molecule has 1 aromatic carbocycles. The Bertz CT molecular complexity index is 1260. The van der Waals surface area contributed by atoms with Gasteiger partial charge in [-0.3, -0.25) is 9.48 Å². The summed E-state index contributed by atoms with van der Waals surface area (Å²) in [6, 6.07) is 6.10. The van der Waals surface area contributed by atoms with Crippen LogP contribution in [0.3, 0.4) is 0 Å². The zero-order chi connectivity index (χ0) is 26.6. The highest BCUT2D eigenvalue weighted by Gasteiger charge is 2.24. The minimum Gasteiger partial charge on any atom is -0.481 e. The maximum atomic E-state index is 13.0. The molecule has 2 heterocycles. The largest absolute Gasteiger partial charge is 0.481 e. The van der Waals surface area contributed by atoms with Crippen molar-refractivity contribution in [1.82, 2.24) is 14.8 Å². The van der Waals surface area contributed by atoms with Crippen LogP contribution in [-0.4, -0.2) is 43.3 Å². The number of hydrogen-bond acceptors (Lipinski definition) is 6. The first-order valence-electron chi connectivity index (χ1n) is 11.0. The maximum Gasteiger partial charge on any atom is 0.387 e. The Balaban J connectivity index is 1.96. The summed E-state index contributed by atoms with van der Waals surface area (Å²) >= 11 is 0. The number of nitrogens with two attached hydrogens (primary N) is 1. The molecule has 0 radical (unpaired) electrons. The number of carbonyl (C=O) groups is 1. The monoisotopic (exact) mass is 522 g/mol. The molecule has 3 rings (SSSR count). The van der Waals surface area contributed by atoms with Crippen LogP contribution < -0.4 is 14.6 Å². The van der Waals surface area contributed by atoms with Gasteiger partial charge in [0.05, 0.1) is 23.1 Å². The minimum absolute atomic E-state index is 0.0648. The molecule has 3 aromatic rings. The third-order valence-electron chi connectivity index (χ3n) is 5.46. The molecule has 1 atom stereocenters. The van der Waals surface area contributed by atoms with Crippen LogP contribution >= 0.6 is 0 Å². The van der Waals surface area contributed by atoms with Crippen LogP contribution in [0, 0.1) is 0 Å². The van der Waals surface area contributed by atoms with Gasteiger partial charge < -0.3 is 14.6 Å². The molecule has 0 aliphatic heterocycles. The van der Waals surface area contributed by atoms with E-state index in [2.05, 4.69) is 14.8 Å². The van der Waals surface area contributed by atoms with E-state index < -0.39 is 29.1 Å². The molecule has 0 spiro atoms. The standard InChI is InChI=1S/C24H28F2N4O5S/c1-14(2)18-8-16(35-23(25)26)9-19(20(18)10-22(31)32)15-5-6-28-21(7-15)34-13-24(3,4)30-12-17(11-29-30)36(27)33/h5-9,11-12,14,23H,10,13,27H2,1-4H3,(H,31,32). The van der Waals surface area contributed by atoms with Crippen LogP contribution in [0.5, 0.6) is 11.6 Å². The molecule has 2 aromatic heterocycles. The lowest BCUT2D eigenvalue weighted by Gasteiger charge is -2.25. The van der Waals surface area contributed by atoms with E-state index in [0.717, 1.165) is 0 Å². The predicted octanol–water partition coefficient (Wildman–Crippen LogP) is 4.09. The quantitative estimate of drug-likeness (QED) is 0.388. The first-order chi connectivity index (χ1) is 16.9. The van der Waals surface area contributed by atoms with Gasteiger partial charge in [0.2, 0.25) is 5.88 Å². The average molecular weight is 523 g/mol. The molecule has 0 saturated carbocycles. The molecule has 1 unspecified atom stereocenters. The summed E-state index contributed by atoms with van der Waals surface area (Å²) in [6.45, 7) is 4.52. The lowest BCUT2D eigenvalue weighted by Crippen LogP contribution is -2.34. The van der Waals surface area contributed by atoms with Crippen molar-refractivity contribution in [1.29, 1.82) is 0 Å². The molecule has 9 nitrogen and oxygen atoms in total. The van der Waals surface area contributed by atoms with Crippen molar-refractivity contribution >= 4 is 17.0 Å². The van der Waals surface area contributed by atoms with Gasteiger partial charge in [-0.05, 0) is 60.2 Å². The van der Waals surface area contributed by atoms with Crippen molar-refractivity contribution < 1.29 is 32.4 Å². The van der Waals surface area contributed by atoms with E-state index in [-0.39, 0.29) is 30.6 Å². The minimum atomic E-state index is -3.03. The van der Waals surface area contributed by atoms with E-state index in [1.807, 2.05) is 27.7 Å². The smallest absolute Gasteiger partial charge is 0.387 e. The molecule has 0 saturated heterocycles. The molecule has 3 N–H and O–H groups in total. The van der Waals surface area contributed by atoms with Gasteiger partial charge in [-0.2, -0.15) is 13.9 Å². The number of aromatic nitrogens is 3. The highest BCUT2D eigenvalue weighted by Crippen LogP contribution is 2.36. The van der Waals surface area contributed by atoms with E-state index >= 15 is 0 Å². The Labute approximate surface area is 209 Å². The molecule has 36 heavy (non-hydrogen) atoms. The summed E-state index contributed by atoms with van der Waals surface area (Å²) in [5.74, 6) is -1.02. The van der Waals surface area contributed by atoms with E-state index in [1.165, 1.54) is 24.5 Å². The molecule has 12 heteroatoms. The van der Waals surface area contributed by atoms with Gasteiger partial charge >= 0.3 is 12.6 Å².